The summed E-state index contributed by atoms with van der Waals surface area (Å²) in [6.45, 7) is 1.52. The Balaban J connectivity index is 2.32. The fraction of sp³-hybridized carbons (Fsp3) is 0.417. The van der Waals surface area contributed by atoms with Crippen LogP contribution in [0.2, 0.25) is 0 Å². The first-order chi connectivity index (χ1) is 8.77. The summed E-state index contributed by atoms with van der Waals surface area (Å²) in [7, 11) is -4.03. The average molecular weight is 287 g/mol. The van der Waals surface area contributed by atoms with E-state index < -0.39 is 27.3 Å². The second kappa shape index (κ2) is 4.57. The summed E-state index contributed by atoms with van der Waals surface area (Å²) in [5.74, 6) is -1.84. The molecule has 0 aliphatic heterocycles. The highest BCUT2D eigenvalue weighted by atomic mass is 32.2. The summed E-state index contributed by atoms with van der Waals surface area (Å²) in [5.41, 5.74) is -1.12. The molecule has 19 heavy (non-hydrogen) atoms. The molecule has 1 aliphatic carbocycles. The lowest BCUT2D eigenvalue weighted by atomic mass is 9.78. The predicted octanol–water partition coefficient (Wildman–Crippen LogP) is 1.42. The van der Waals surface area contributed by atoms with Crippen molar-refractivity contribution < 1.29 is 22.7 Å². The van der Waals surface area contributed by atoms with Crippen LogP contribution in [0.25, 0.3) is 0 Å². The molecule has 1 aliphatic rings. The molecular weight excluding hydrogens is 273 g/mol. The quantitative estimate of drug-likeness (QED) is 0.877. The molecule has 0 aromatic heterocycles. The third-order valence-corrected chi connectivity index (χ3v) is 4.93. The molecule has 0 amide bonds. The Hall–Kier alpha value is -1.47. The first-order valence-electron chi connectivity index (χ1n) is 5.80. The fourth-order valence-corrected chi connectivity index (χ4v) is 3.38. The first-order valence-corrected chi connectivity index (χ1v) is 7.29. The van der Waals surface area contributed by atoms with Gasteiger partial charge in [0.05, 0.1) is 4.90 Å². The van der Waals surface area contributed by atoms with Crippen molar-refractivity contribution in [3.8, 4) is 0 Å². The number of hydrogen-bond acceptors (Lipinski definition) is 3. The van der Waals surface area contributed by atoms with Crippen LogP contribution in [0.15, 0.2) is 23.1 Å². The highest BCUT2D eigenvalue weighted by Crippen LogP contribution is 2.33. The lowest BCUT2D eigenvalue weighted by Crippen LogP contribution is -2.58. The molecule has 104 valence electrons. The molecule has 0 heterocycles. The number of hydrogen-bond donors (Lipinski definition) is 2. The van der Waals surface area contributed by atoms with Crippen LogP contribution in [0, 0.1) is 12.7 Å². The van der Waals surface area contributed by atoms with Crippen molar-refractivity contribution in [2.24, 2.45) is 0 Å². The number of benzene rings is 1. The van der Waals surface area contributed by atoms with Crippen LogP contribution < -0.4 is 4.72 Å². The van der Waals surface area contributed by atoms with E-state index >= 15 is 0 Å². The molecule has 1 aromatic carbocycles. The lowest BCUT2D eigenvalue weighted by molar-refractivity contribution is -0.147. The number of aliphatic carboxylic acids is 1. The zero-order valence-electron chi connectivity index (χ0n) is 10.3. The summed E-state index contributed by atoms with van der Waals surface area (Å²) < 4.78 is 39.7. The molecule has 2 rings (SSSR count). The van der Waals surface area contributed by atoms with Crippen molar-refractivity contribution in [2.45, 2.75) is 36.6 Å². The molecule has 0 atom stereocenters. The smallest absolute Gasteiger partial charge is 0.324 e. The summed E-state index contributed by atoms with van der Waals surface area (Å²) in [6.07, 6.45) is 1.14. The number of rotatable bonds is 4. The number of carbonyl (C=O) groups is 1. The summed E-state index contributed by atoms with van der Waals surface area (Å²) in [4.78, 5) is 10.9. The normalized spacial score (nSPS) is 17.8. The number of sulfonamides is 1. The van der Waals surface area contributed by atoms with Gasteiger partial charge in [-0.1, -0.05) is 6.07 Å². The molecule has 0 unspecified atom stereocenters. The van der Waals surface area contributed by atoms with Gasteiger partial charge in [-0.2, -0.15) is 4.72 Å². The van der Waals surface area contributed by atoms with Crippen LogP contribution in [0.5, 0.6) is 0 Å². The van der Waals surface area contributed by atoms with Crippen LogP contribution >= 0.6 is 0 Å². The number of halogens is 1. The van der Waals surface area contributed by atoms with Crippen molar-refractivity contribution in [2.75, 3.05) is 0 Å². The predicted molar refractivity (Wildman–Crippen MR) is 65.7 cm³/mol. The summed E-state index contributed by atoms with van der Waals surface area (Å²) in [6, 6.07) is 3.50. The van der Waals surface area contributed by atoms with Crippen LogP contribution in [0.1, 0.15) is 24.8 Å². The minimum Gasteiger partial charge on any atom is -0.480 e. The van der Waals surface area contributed by atoms with Gasteiger partial charge >= 0.3 is 5.97 Å². The van der Waals surface area contributed by atoms with Crippen molar-refractivity contribution in [1.82, 2.24) is 4.72 Å². The Morgan fingerprint density at radius 3 is 2.47 bits per heavy atom. The van der Waals surface area contributed by atoms with E-state index in [1.165, 1.54) is 19.1 Å². The fourth-order valence-electron chi connectivity index (χ4n) is 1.95. The van der Waals surface area contributed by atoms with Crippen molar-refractivity contribution in [1.29, 1.82) is 0 Å². The monoisotopic (exact) mass is 287 g/mol. The second-order valence-corrected chi connectivity index (χ2v) is 6.44. The molecule has 0 saturated heterocycles. The maximum atomic E-state index is 13.4. The standard InChI is InChI=1S/C12H14FNO4S/c1-8-3-4-9(7-10(8)13)19(17,18)14-12(11(15)16)5-2-6-12/h3-4,7,14H,2,5-6H2,1H3,(H,15,16). The number of nitrogens with one attached hydrogen (secondary N) is 1. The highest BCUT2D eigenvalue weighted by molar-refractivity contribution is 7.89. The third kappa shape index (κ3) is 2.48. The Kier molecular flexibility index (Phi) is 3.36. The molecule has 0 radical (unpaired) electrons. The van der Waals surface area contributed by atoms with Gasteiger partial charge in [0.15, 0.2) is 0 Å². The van der Waals surface area contributed by atoms with Crippen molar-refractivity contribution >= 4 is 16.0 Å². The van der Waals surface area contributed by atoms with Gasteiger partial charge in [0, 0.05) is 0 Å². The van der Waals surface area contributed by atoms with Gasteiger partial charge in [0.2, 0.25) is 10.0 Å². The third-order valence-electron chi connectivity index (χ3n) is 3.40. The largest absolute Gasteiger partial charge is 0.480 e. The molecule has 5 nitrogen and oxygen atoms in total. The second-order valence-electron chi connectivity index (χ2n) is 4.76. The Bertz CT molecular complexity index is 623. The minimum absolute atomic E-state index is 0.246. The Labute approximate surface area is 110 Å². The van der Waals surface area contributed by atoms with Crippen LogP contribution in [-0.4, -0.2) is 25.0 Å². The molecule has 0 spiro atoms. The van der Waals surface area contributed by atoms with E-state index in [1.54, 1.807) is 0 Å². The van der Waals surface area contributed by atoms with Gasteiger partial charge in [-0.05, 0) is 43.9 Å². The van der Waals surface area contributed by atoms with Gasteiger partial charge in [0.1, 0.15) is 11.4 Å². The molecule has 1 fully saturated rings. The van der Waals surface area contributed by atoms with Gasteiger partial charge in [-0.25, -0.2) is 12.8 Å². The van der Waals surface area contributed by atoms with E-state index in [4.69, 9.17) is 5.11 Å². The molecule has 1 saturated carbocycles. The molecule has 2 N–H and O–H groups in total. The topological polar surface area (TPSA) is 83.5 Å². The number of carboxylic acids is 1. The first kappa shape index (κ1) is 14.0. The summed E-state index contributed by atoms with van der Waals surface area (Å²) >= 11 is 0. The van der Waals surface area contributed by atoms with Crippen LogP contribution in [-0.2, 0) is 14.8 Å². The van der Waals surface area contributed by atoms with E-state index in [0.717, 1.165) is 6.07 Å². The molecule has 1 aromatic rings. The zero-order valence-corrected chi connectivity index (χ0v) is 11.1. The Morgan fingerprint density at radius 2 is 2.05 bits per heavy atom. The van der Waals surface area contributed by atoms with E-state index in [2.05, 4.69) is 4.72 Å². The van der Waals surface area contributed by atoms with E-state index in [-0.39, 0.29) is 17.7 Å². The summed E-state index contributed by atoms with van der Waals surface area (Å²) in [5, 5.41) is 9.09. The molecule has 7 heteroatoms. The Morgan fingerprint density at radius 1 is 1.42 bits per heavy atom. The number of aryl methyl sites for hydroxylation is 1. The maximum absolute atomic E-state index is 13.4. The van der Waals surface area contributed by atoms with E-state index in [9.17, 15) is 17.6 Å². The SMILES string of the molecule is Cc1ccc(S(=O)(=O)NC2(C(=O)O)CCC2)cc1F. The van der Waals surface area contributed by atoms with Crippen LogP contribution in [0.3, 0.4) is 0 Å². The highest BCUT2D eigenvalue weighted by Gasteiger charge is 2.47. The van der Waals surface area contributed by atoms with Gasteiger partial charge in [0.25, 0.3) is 0 Å². The van der Waals surface area contributed by atoms with E-state index in [0.29, 0.717) is 12.0 Å². The van der Waals surface area contributed by atoms with Gasteiger partial charge in [-0.15, -0.1) is 0 Å². The van der Waals surface area contributed by atoms with Gasteiger partial charge in [-0.3, -0.25) is 4.79 Å². The van der Waals surface area contributed by atoms with Crippen molar-refractivity contribution in [3.63, 3.8) is 0 Å². The minimum atomic E-state index is -4.03. The lowest BCUT2D eigenvalue weighted by Gasteiger charge is -2.37. The maximum Gasteiger partial charge on any atom is 0.324 e. The van der Waals surface area contributed by atoms with Gasteiger partial charge < -0.3 is 5.11 Å². The molecule has 0 bridgehead atoms. The zero-order chi connectivity index (χ0) is 14.3. The van der Waals surface area contributed by atoms with Crippen LogP contribution in [0.4, 0.5) is 4.39 Å². The molecular formula is C12H14FNO4S. The van der Waals surface area contributed by atoms with E-state index in [1.807, 2.05) is 0 Å². The van der Waals surface area contributed by atoms with Crippen molar-refractivity contribution in [3.05, 3.63) is 29.6 Å². The number of carboxylic acid groups (broad SMARTS) is 1. The average Bonchev–Trinajstić information content (AvgIpc) is 2.26.